The average Bonchev–Trinajstić information content (AvgIpc) is 2.23. The lowest BCUT2D eigenvalue weighted by molar-refractivity contribution is -0.124. The smallest absolute Gasteiger partial charge is 0.230 e. The van der Waals surface area contributed by atoms with Crippen LogP contribution in [0.3, 0.4) is 0 Å². The maximum atomic E-state index is 11.9. The molecule has 0 saturated carbocycles. The van der Waals surface area contributed by atoms with Gasteiger partial charge in [-0.05, 0) is 28.4 Å². The zero-order valence-electron chi connectivity index (χ0n) is 9.47. The summed E-state index contributed by atoms with van der Waals surface area (Å²) < 4.78 is 0.779. The molecule has 0 atom stereocenters. The summed E-state index contributed by atoms with van der Waals surface area (Å²) in [6.07, 6.45) is 2.35. The number of rotatable bonds is 3. The van der Waals surface area contributed by atoms with Gasteiger partial charge in [-0.1, -0.05) is 32.4 Å². The minimum absolute atomic E-state index is 0.0585. The van der Waals surface area contributed by atoms with E-state index in [1.165, 1.54) is 0 Å². The molecule has 0 radical (unpaired) electrons. The van der Waals surface area contributed by atoms with E-state index in [2.05, 4.69) is 26.2 Å². The van der Waals surface area contributed by atoms with Crippen LogP contribution in [0.4, 0.5) is 5.69 Å². The predicted octanol–water partition coefficient (Wildman–Crippen LogP) is 3.87. The highest BCUT2D eigenvalue weighted by molar-refractivity contribution is 9.10. The van der Waals surface area contributed by atoms with Gasteiger partial charge in [0.05, 0.1) is 5.69 Å². The molecule has 16 heavy (non-hydrogen) atoms. The quantitative estimate of drug-likeness (QED) is 0.861. The van der Waals surface area contributed by atoms with Crippen molar-refractivity contribution >= 4 is 39.1 Å². The first-order valence-corrected chi connectivity index (χ1v) is 6.16. The zero-order chi connectivity index (χ0) is 12.3. The van der Waals surface area contributed by atoms with Gasteiger partial charge in [-0.15, -0.1) is 0 Å². The van der Waals surface area contributed by atoms with Crippen LogP contribution in [0, 0.1) is 5.41 Å². The third kappa shape index (κ3) is 3.19. The van der Waals surface area contributed by atoms with Gasteiger partial charge in [-0.2, -0.15) is 0 Å². The van der Waals surface area contributed by atoms with Crippen molar-refractivity contribution in [3.05, 3.63) is 21.9 Å². The molecule has 0 aliphatic heterocycles. The van der Waals surface area contributed by atoms with Gasteiger partial charge in [-0.25, -0.2) is 4.98 Å². The molecule has 0 aliphatic rings. The number of aromatic nitrogens is 1. The summed E-state index contributed by atoms with van der Waals surface area (Å²) in [6.45, 7) is 5.75. The largest absolute Gasteiger partial charge is 0.323 e. The third-order valence-corrected chi connectivity index (χ3v) is 3.29. The first-order valence-electron chi connectivity index (χ1n) is 4.99. The molecule has 1 rings (SSSR count). The molecule has 1 heterocycles. The molecule has 1 amide bonds. The van der Waals surface area contributed by atoms with Gasteiger partial charge in [-0.3, -0.25) is 4.79 Å². The van der Waals surface area contributed by atoms with E-state index in [9.17, 15) is 4.79 Å². The second-order valence-corrected chi connectivity index (χ2v) is 5.46. The van der Waals surface area contributed by atoms with Crippen LogP contribution in [-0.4, -0.2) is 10.9 Å². The molecule has 3 nitrogen and oxygen atoms in total. The topological polar surface area (TPSA) is 42.0 Å². The van der Waals surface area contributed by atoms with Crippen molar-refractivity contribution in [3.63, 3.8) is 0 Å². The second kappa shape index (κ2) is 5.15. The monoisotopic (exact) mass is 304 g/mol. The number of hydrogen-bond acceptors (Lipinski definition) is 2. The summed E-state index contributed by atoms with van der Waals surface area (Å²) >= 11 is 9.17. The number of anilines is 1. The molecule has 1 aromatic heterocycles. The van der Waals surface area contributed by atoms with Gasteiger partial charge in [0.2, 0.25) is 5.91 Å². The summed E-state index contributed by atoms with van der Waals surface area (Å²) in [5.41, 5.74) is 0.119. The van der Waals surface area contributed by atoms with Gasteiger partial charge in [0.25, 0.3) is 0 Å². The standard InChI is InChI=1S/C11H14BrClN2O/c1-4-11(2,3)10(16)15-8-5-7(12)6-14-9(8)13/h5-6H,4H2,1-3H3,(H,15,16). The maximum Gasteiger partial charge on any atom is 0.230 e. The van der Waals surface area contributed by atoms with Crippen molar-refractivity contribution in [2.75, 3.05) is 5.32 Å². The fourth-order valence-corrected chi connectivity index (χ4v) is 1.44. The first kappa shape index (κ1) is 13.5. The van der Waals surface area contributed by atoms with Crippen molar-refractivity contribution in [3.8, 4) is 0 Å². The van der Waals surface area contributed by atoms with E-state index in [4.69, 9.17) is 11.6 Å². The molecule has 0 aliphatic carbocycles. The Bertz CT molecular complexity index is 407. The summed E-state index contributed by atoms with van der Waals surface area (Å²) in [5, 5.41) is 3.07. The molecular weight excluding hydrogens is 291 g/mol. The van der Waals surface area contributed by atoms with Gasteiger partial charge in [0.1, 0.15) is 0 Å². The summed E-state index contributed by atoms with van der Waals surface area (Å²) in [5.74, 6) is -0.0585. The van der Waals surface area contributed by atoms with E-state index in [0.717, 1.165) is 10.9 Å². The fraction of sp³-hybridized carbons (Fsp3) is 0.455. The van der Waals surface area contributed by atoms with Crippen LogP contribution in [0.5, 0.6) is 0 Å². The molecule has 0 saturated heterocycles. The maximum absolute atomic E-state index is 11.9. The number of nitrogens with one attached hydrogen (secondary N) is 1. The van der Waals surface area contributed by atoms with Crippen LogP contribution >= 0.6 is 27.5 Å². The Morgan fingerprint density at radius 1 is 1.62 bits per heavy atom. The lowest BCUT2D eigenvalue weighted by atomic mass is 9.89. The number of nitrogens with zero attached hydrogens (tertiary/aromatic N) is 1. The molecule has 1 aromatic rings. The van der Waals surface area contributed by atoms with Crippen molar-refractivity contribution in [1.82, 2.24) is 4.98 Å². The van der Waals surface area contributed by atoms with Crippen LogP contribution in [0.15, 0.2) is 16.7 Å². The van der Waals surface area contributed by atoms with Gasteiger partial charge in [0.15, 0.2) is 5.15 Å². The normalized spacial score (nSPS) is 11.3. The van der Waals surface area contributed by atoms with Crippen LogP contribution < -0.4 is 5.32 Å². The van der Waals surface area contributed by atoms with E-state index in [1.807, 2.05) is 20.8 Å². The molecule has 0 aromatic carbocycles. The summed E-state index contributed by atoms with van der Waals surface area (Å²) in [6, 6.07) is 1.74. The Hall–Kier alpha value is -0.610. The van der Waals surface area contributed by atoms with E-state index in [0.29, 0.717) is 10.8 Å². The van der Waals surface area contributed by atoms with Crippen LogP contribution in [0.2, 0.25) is 5.15 Å². The van der Waals surface area contributed by atoms with Crippen LogP contribution in [-0.2, 0) is 4.79 Å². The molecule has 0 fully saturated rings. The van der Waals surface area contributed by atoms with E-state index < -0.39 is 5.41 Å². The first-order chi connectivity index (χ1) is 7.36. The minimum Gasteiger partial charge on any atom is -0.323 e. The summed E-state index contributed by atoms with van der Waals surface area (Å²) in [7, 11) is 0. The van der Waals surface area contributed by atoms with Gasteiger partial charge < -0.3 is 5.32 Å². The SMILES string of the molecule is CCC(C)(C)C(=O)Nc1cc(Br)cnc1Cl. The minimum atomic E-state index is -0.411. The highest BCUT2D eigenvalue weighted by Gasteiger charge is 2.25. The average molecular weight is 306 g/mol. The molecular formula is C11H14BrClN2O. The van der Waals surface area contributed by atoms with Crippen molar-refractivity contribution in [2.24, 2.45) is 5.41 Å². The lowest BCUT2D eigenvalue weighted by Crippen LogP contribution is -2.30. The molecule has 88 valence electrons. The van der Waals surface area contributed by atoms with Crippen molar-refractivity contribution < 1.29 is 4.79 Å². The number of amides is 1. The van der Waals surface area contributed by atoms with E-state index >= 15 is 0 Å². The van der Waals surface area contributed by atoms with Crippen molar-refractivity contribution in [1.29, 1.82) is 0 Å². The highest BCUT2D eigenvalue weighted by atomic mass is 79.9. The van der Waals surface area contributed by atoms with Crippen LogP contribution in [0.25, 0.3) is 0 Å². The highest BCUT2D eigenvalue weighted by Crippen LogP contribution is 2.27. The predicted molar refractivity (Wildman–Crippen MR) is 69.6 cm³/mol. The zero-order valence-corrected chi connectivity index (χ0v) is 11.8. The summed E-state index contributed by atoms with van der Waals surface area (Å²) in [4.78, 5) is 15.9. The Kier molecular flexibility index (Phi) is 4.33. The van der Waals surface area contributed by atoms with E-state index in [1.54, 1.807) is 12.3 Å². The Morgan fingerprint density at radius 3 is 2.81 bits per heavy atom. The molecule has 5 heteroatoms. The van der Waals surface area contributed by atoms with Gasteiger partial charge >= 0.3 is 0 Å². The van der Waals surface area contributed by atoms with Crippen molar-refractivity contribution in [2.45, 2.75) is 27.2 Å². The van der Waals surface area contributed by atoms with Gasteiger partial charge in [0, 0.05) is 16.1 Å². The molecule has 0 spiro atoms. The molecule has 0 unspecified atom stereocenters. The number of carbonyl (C=O) groups excluding carboxylic acids is 1. The Balaban J connectivity index is 2.89. The second-order valence-electron chi connectivity index (χ2n) is 4.18. The van der Waals surface area contributed by atoms with Crippen LogP contribution in [0.1, 0.15) is 27.2 Å². The molecule has 1 N–H and O–H groups in total. The Labute approximate surface area is 109 Å². The fourth-order valence-electron chi connectivity index (χ4n) is 0.962. The molecule has 0 bridgehead atoms. The Morgan fingerprint density at radius 2 is 2.25 bits per heavy atom. The number of halogens is 2. The van der Waals surface area contributed by atoms with E-state index in [-0.39, 0.29) is 5.91 Å². The number of pyridine rings is 1. The number of hydrogen-bond donors (Lipinski definition) is 1. The number of carbonyl (C=O) groups is 1. The lowest BCUT2D eigenvalue weighted by Gasteiger charge is -2.21. The third-order valence-electron chi connectivity index (χ3n) is 2.55.